The Morgan fingerprint density at radius 2 is 1.96 bits per heavy atom. The van der Waals surface area contributed by atoms with E-state index in [4.69, 9.17) is 0 Å². The molecule has 3 rings (SSSR count). The molecule has 0 saturated carbocycles. The van der Waals surface area contributed by atoms with E-state index in [1.54, 1.807) is 12.1 Å². The van der Waals surface area contributed by atoms with Crippen molar-refractivity contribution in [1.82, 2.24) is 5.32 Å². The van der Waals surface area contributed by atoms with Crippen molar-refractivity contribution < 1.29 is 9.59 Å². The normalized spacial score (nSPS) is 16.0. The van der Waals surface area contributed by atoms with E-state index < -0.39 is 0 Å². The van der Waals surface area contributed by atoms with Gasteiger partial charge >= 0.3 is 0 Å². The molecule has 0 radical (unpaired) electrons. The van der Waals surface area contributed by atoms with Crippen LogP contribution in [0.5, 0.6) is 0 Å². The number of rotatable bonds is 4. The molecule has 5 heteroatoms. The molecular formula is C21H22N2O2S. The molecule has 0 fully saturated rings. The van der Waals surface area contributed by atoms with E-state index in [1.165, 1.54) is 17.3 Å². The van der Waals surface area contributed by atoms with Crippen LogP contribution in [0.3, 0.4) is 0 Å². The van der Waals surface area contributed by atoms with Crippen molar-refractivity contribution >= 4 is 35.3 Å². The molecule has 2 aromatic rings. The first kappa shape index (κ1) is 18.3. The zero-order valence-electron chi connectivity index (χ0n) is 15.1. The van der Waals surface area contributed by atoms with Crippen molar-refractivity contribution in [2.75, 3.05) is 5.32 Å². The maximum atomic E-state index is 12.4. The van der Waals surface area contributed by atoms with E-state index in [0.29, 0.717) is 16.2 Å². The van der Waals surface area contributed by atoms with Gasteiger partial charge in [-0.3, -0.25) is 9.59 Å². The van der Waals surface area contributed by atoms with E-state index in [9.17, 15) is 9.59 Å². The van der Waals surface area contributed by atoms with Gasteiger partial charge in [-0.05, 0) is 50.1 Å². The Bertz CT molecular complexity index is 872. The lowest BCUT2D eigenvalue weighted by Gasteiger charge is -2.20. The summed E-state index contributed by atoms with van der Waals surface area (Å²) in [4.78, 5) is 26.3. The number of nitrogens with one attached hydrogen (secondary N) is 2. The molecule has 1 heterocycles. The summed E-state index contributed by atoms with van der Waals surface area (Å²) in [6.07, 6.45) is 2.75. The average Bonchev–Trinajstić information content (AvgIpc) is 2.63. The van der Waals surface area contributed by atoms with Gasteiger partial charge in [-0.25, -0.2) is 0 Å². The summed E-state index contributed by atoms with van der Waals surface area (Å²) in [7, 11) is 0. The van der Waals surface area contributed by atoms with Crippen molar-refractivity contribution in [3.05, 3.63) is 64.1 Å². The number of aryl methyl sites for hydroxylation is 1. The van der Waals surface area contributed by atoms with Crippen molar-refractivity contribution in [2.24, 2.45) is 0 Å². The highest BCUT2D eigenvalue weighted by Gasteiger charge is 2.22. The van der Waals surface area contributed by atoms with Gasteiger partial charge in [-0.1, -0.05) is 48.5 Å². The highest BCUT2D eigenvalue weighted by atomic mass is 32.2. The summed E-state index contributed by atoms with van der Waals surface area (Å²) in [5.41, 5.74) is 3.40. The van der Waals surface area contributed by atoms with Crippen molar-refractivity contribution in [3.63, 3.8) is 0 Å². The number of hydrogen-bond donors (Lipinski definition) is 2. The number of benzene rings is 2. The second-order valence-corrected chi connectivity index (χ2v) is 7.55. The second-order valence-electron chi connectivity index (χ2n) is 6.47. The van der Waals surface area contributed by atoms with Crippen LogP contribution >= 0.6 is 11.8 Å². The molecule has 1 atom stereocenters. The monoisotopic (exact) mass is 366 g/mol. The predicted molar refractivity (Wildman–Crippen MR) is 107 cm³/mol. The molecular weight excluding hydrogens is 344 g/mol. The molecule has 2 N–H and O–H groups in total. The summed E-state index contributed by atoms with van der Waals surface area (Å²) < 4.78 is 0. The Morgan fingerprint density at radius 3 is 2.65 bits per heavy atom. The zero-order valence-corrected chi connectivity index (χ0v) is 15.9. The maximum absolute atomic E-state index is 12.4. The number of thioether (sulfide) groups is 1. The summed E-state index contributed by atoms with van der Waals surface area (Å²) in [6, 6.07) is 13.6. The molecule has 0 spiro atoms. The summed E-state index contributed by atoms with van der Waals surface area (Å²) >= 11 is 1.42. The van der Waals surface area contributed by atoms with Crippen LogP contribution in [0.25, 0.3) is 6.08 Å². The smallest absolute Gasteiger partial charge is 0.262 e. The average molecular weight is 366 g/mol. The minimum absolute atomic E-state index is 0.117. The van der Waals surface area contributed by atoms with Gasteiger partial charge in [-0.15, -0.1) is 0 Å². The number of anilines is 1. The number of carbonyl (C=O) groups is 2. The second kappa shape index (κ2) is 7.79. The van der Waals surface area contributed by atoms with E-state index in [1.807, 2.05) is 57.2 Å². The lowest BCUT2D eigenvalue weighted by Crippen LogP contribution is -2.32. The summed E-state index contributed by atoms with van der Waals surface area (Å²) in [6.45, 7) is 6.02. The van der Waals surface area contributed by atoms with Gasteiger partial charge in [0.2, 0.25) is 0 Å². The lowest BCUT2D eigenvalue weighted by molar-refractivity contribution is -0.112. The largest absolute Gasteiger partial charge is 0.350 e. The van der Waals surface area contributed by atoms with E-state index in [0.717, 1.165) is 16.9 Å². The third kappa shape index (κ3) is 4.17. The van der Waals surface area contributed by atoms with Crippen molar-refractivity contribution in [2.45, 2.75) is 38.1 Å². The molecule has 0 aliphatic carbocycles. The van der Waals surface area contributed by atoms with Gasteiger partial charge in [0.1, 0.15) is 0 Å². The van der Waals surface area contributed by atoms with Gasteiger partial charge in [0.05, 0.1) is 10.6 Å². The fourth-order valence-electron chi connectivity index (χ4n) is 2.52. The molecule has 134 valence electrons. The molecule has 26 heavy (non-hydrogen) atoms. The molecule has 0 saturated heterocycles. The fraction of sp³-hybridized carbons (Fsp3) is 0.238. The minimum atomic E-state index is -0.150. The van der Waals surface area contributed by atoms with E-state index in [-0.39, 0.29) is 17.9 Å². The number of carbonyl (C=O) groups excluding carboxylic acids is 2. The van der Waals surface area contributed by atoms with Crippen LogP contribution in [0.15, 0.2) is 52.3 Å². The lowest BCUT2D eigenvalue weighted by atomic mass is 10.1. The fourth-order valence-corrected chi connectivity index (χ4v) is 3.46. The molecule has 1 aliphatic heterocycles. The van der Waals surface area contributed by atoms with Gasteiger partial charge in [-0.2, -0.15) is 0 Å². The Balaban J connectivity index is 1.81. The van der Waals surface area contributed by atoms with Gasteiger partial charge < -0.3 is 10.6 Å². The SMILES string of the molecule is CCC(C)NC(=O)c1ccc2c(c1)NC(=O)/C(=C\c1ccc(C)cc1)S2. The molecule has 2 aromatic carbocycles. The quantitative estimate of drug-likeness (QED) is 0.777. The molecule has 0 bridgehead atoms. The van der Waals surface area contributed by atoms with Crippen LogP contribution in [0.4, 0.5) is 5.69 Å². The molecule has 1 unspecified atom stereocenters. The molecule has 4 nitrogen and oxygen atoms in total. The topological polar surface area (TPSA) is 58.2 Å². The van der Waals surface area contributed by atoms with Crippen LogP contribution in [0, 0.1) is 6.92 Å². The van der Waals surface area contributed by atoms with Crippen molar-refractivity contribution in [1.29, 1.82) is 0 Å². The molecule has 0 aromatic heterocycles. The van der Waals surface area contributed by atoms with Crippen LogP contribution in [0.1, 0.15) is 41.8 Å². The van der Waals surface area contributed by atoms with Crippen LogP contribution in [-0.2, 0) is 4.79 Å². The Kier molecular flexibility index (Phi) is 5.47. The maximum Gasteiger partial charge on any atom is 0.262 e. The molecule has 2 amide bonds. The standard InChI is InChI=1S/C21H22N2O2S/c1-4-14(3)22-20(24)16-9-10-18-17(12-16)23-21(25)19(26-18)11-15-7-5-13(2)6-8-15/h5-12,14H,4H2,1-3H3,(H,22,24)(H,23,25)/b19-11+. The first-order valence-electron chi connectivity index (χ1n) is 8.68. The van der Waals surface area contributed by atoms with E-state index in [2.05, 4.69) is 10.6 Å². The Hall–Kier alpha value is -2.53. The first-order valence-corrected chi connectivity index (χ1v) is 9.50. The number of amides is 2. The van der Waals surface area contributed by atoms with Crippen LogP contribution in [0.2, 0.25) is 0 Å². The first-order chi connectivity index (χ1) is 12.5. The predicted octanol–water partition coefficient (Wildman–Crippen LogP) is 4.61. The number of hydrogen-bond acceptors (Lipinski definition) is 3. The Morgan fingerprint density at radius 1 is 1.23 bits per heavy atom. The third-order valence-electron chi connectivity index (χ3n) is 4.30. The van der Waals surface area contributed by atoms with Gasteiger partial charge in [0, 0.05) is 16.5 Å². The van der Waals surface area contributed by atoms with Crippen LogP contribution < -0.4 is 10.6 Å². The van der Waals surface area contributed by atoms with Gasteiger partial charge in [0.25, 0.3) is 11.8 Å². The Labute approximate surface area is 158 Å². The summed E-state index contributed by atoms with van der Waals surface area (Å²) in [5, 5.41) is 5.84. The number of fused-ring (bicyclic) bond motifs is 1. The van der Waals surface area contributed by atoms with Crippen molar-refractivity contribution in [3.8, 4) is 0 Å². The summed E-state index contributed by atoms with van der Waals surface area (Å²) in [5.74, 6) is -0.273. The van der Waals surface area contributed by atoms with E-state index >= 15 is 0 Å². The zero-order chi connectivity index (χ0) is 18.7. The highest BCUT2D eigenvalue weighted by Crippen LogP contribution is 2.39. The van der Waals surface area contributed by atoms with Crippen LogP contribution in [-0.4, -0.2) is 17.9 Å². The minimum Gasteiger partial charge on any atom is -0.350 e. The third-order valence-corrected chi connectivity index (χ3v) is 5.40. The molecule has 1 aliphatic rings. The van der Waals surface area contributed by atoms with Gasteiger partial charge in [0.15, 0.2) is 0 Å². The highest BCUT2D eigenvalue weighted by molar-refractivity contribution is 8.04.